The summed E-state index contributed by atoms with van der Waals surface area (Å²) in [6, 6.07) is 0. The topological polar surface area (TPSA) is 63.0 Å². The van der Waals surface area contributed by atoms with Crippen molar-refractivity contribution in [2.75, 3.05) is 13.2 Å². The second kappa shape index (κ2) is 7.35. The molecule has 0 bridgehead atoms. The summed E-state index contributed by atoms with van der Waals surface area (Å²) < 4.78 is 1.77. The Kier molecular flexibility index (Phi) is 6.03. The molecule has 0 fully saturated rings. The number of hydrogen-bond acceptors (Lipinski definition) is 4. The van der Waals surface area contributed by atoms with Gasteiger partial charge in [0.2, 0.25) is 0 Å². The molecule has 0 spiro atoms. The minimum atomic E-state index is 0.274. The lowest BCUT2D eigenvalue weighted by Crippen LogP contribution is -2.24. The average molecular weight is 226 g/mol. The van der Waals surface area contributed by atoms with Crippen LogP contribution in [0.4, 0.5) is 0 Å². The van der Waals surface area contributed by atoms with E-state index < -0.39 is 0 Å². The normalized spacial score (nSPS) is 12.9. The van der Waals surface area contributed by atoms with Crippen molar-refractivity contribution in [3.8, 4) is 0 Å². The van der Waals surface area contributed by atoms with E-state index in [0.717, 1.165) is 38.2 Å². The van der Waals surface area contributed by atoms with Crippen LogP contribution >= 0.6 is 0 Å². The van der Waals surface area contributed by atoms with Crippen LogP contribution in [0, 0.1) is 5.92 Å². The monoisotopic (exact) mass is 226 g/mol. The summed E-state index contributed by atoms with van der Waals surface area (Å²) in [4.78, 5) is 4.14. The van der Waals surface area contributed by atoms with Gasteiger partial charge in [0.05, 0.1) is 6.54 Å². The molecule has 0 aliphatic carbocycles. The highest BCUT2D eigenvalue weighted by atomic mass is 16.3. The zero-order valence-corrected chi connectivity index (χ0v) is 10.2. The molecule has 1 atom stereocenters. The van der Waals surface area contributed by atoms with E-state index in [0.29, 0.717) is 5.92 Å². The predicted molar refractivity (Wildman–Crippen MR) is 62.8 cm³/mol. The van der Waals surface area contributed by atoms with E-state index in [4.69, 9.17) is 5.11 Å². The van der Waals surface area contributed by atoms with Crippen LogP contribution in [0.1, 0.15) is 32.0 Å². The molecule has 0 aliphatic heterocycles. The first-order chi connectivity index (χ1) is 7.77. The summed E-state index contributed by atoms with van der Waals surface area (Å²) in [7, 11) is 1.89. The molecule has 0 saturated heterocycles. The molecule has 5 heteroatoms. The fraction of sp³-hybridized carbons (Fsp3) is 0.818. The second-order valence-electron chi connectivity index (χ2n) is 4.10. The van der Waals surface area contributed by atoms with Crippen LogP contribution in [0.5, 0.6) is 0 Å². The van der Waals surface area contributed by atoms with Gasteiger partial charge in [0.25, 0.3) is 0 Å². The Bertz CT molecular complexity index is 281. The second-order valence-corrected chi connectivity index (χ2v) is 4.10. The van der Waals surface area contributed by atoms with Gasteiger partial charge in [0.15, 0.2) is 0 Å². The smallest absolute Gasteiger partial charge is 0.140 e. The van der Waals surface area contributed by atoms with Gasteiger partial charge in [0.1, 0.15) is 12.2 Å². The molecular formula is C11H22N4O. The highest BCUT2D eigenvalue weighted by Crippen LogP contribution is 2.09. The average Bonchev–Trinajstić information content (AvgIpc) is 2.65. The maximum atomic E-state index is 8.94. The van der Waals surface area contributed by atoms with Crippen molar-refractivity contribution >= 4 is 0 Å². The third-order valence-electron chi connectivity index (χ3n) is 2.76. The van der Waals surface area contributed by atoms with E-state index in [1.807, 2.05) is 7.05 Å². The molecule has 1 heterocycles. The summed E-state index contributed by atoms with van der Waals surface area (Å²) in [6.45, 7) is 4.12. The molecule has 0 saturated carbocycles. The van der Waals surface area contributed by atoms with Crippen molar-refractivity contribution in [3.05, 3.63) is 12.2 Å². The molecular weight excluding hydrogens is 204 g/mol. The molecule has 92 valence electrons. The molecule has 0 amide bonds. The molecule has 5 nitrogen and oxygen atoms in total. The predicted octanol–water partition coefficient (Wildman–Crippen LogP) is 0.703. The summed E-state index contributed by atoms with van der Waals surface area (Å²) in [5.74, 6) is 1.50. The first-order valence-electron chi connectivity index (χ1n) is 5.92. The van der Waals surface area contributed by atoms with Gasteiger partial charge in [-0.25, -0.2) is 4.98 Å². The Morgan fingerprint density at radius 1 is 1.50 bits per heavy atom. The van der Waals surface area contributed by atoms with Crippen LogP contribution in [-0.4, -0.2) is 33.0 Å². The first kappa shape index (κ1) is 13.1. The Balaban J connectivity index is 2.24. The van der Waals surface area contributed by atoms with Gasteiger partial charge in [-0.05, 0) is 25.3 Å². The van der Waals surface area contributed by atoms with E-state index in [1.165, 1.54) is 0 Å². The molecule has 1 aromatic heterocycles. The molecule has 1 unspecified atom stereocenters. The van der Waals surface area contributed by atoms with E-state index in [9.17, 15) is 0 Å². The Morgan fingerprint density at radius 2 is 2.31 bits per heavy atom. The largest absolute Gasteiger partial charge is 0.396 e. The summed E-state index contributed by atoms with van der Waals surface area (Å²) in [6.07, 6.45) is 4.76. The molecule has 0 radical (unpaired) electrons. The Hall–Kier alpha value is -0.940. The van der Waals surface area contributed by atoms with Gasteiger partial charge in [0, 0.05) is 13.7 Å². The van der Waals surface area contributed by atoms with Crippen LogP contribution in [0.2, 0.25) is 0 Å². The maximum absolute atomic E-state index is 8.94. The number of aliphatic hydroxyl groups is 1. The summed E-state index contributed by atoms with van der Waals surface area (Å²) in [5.41, 5.74) is 0. The van der Waals surface area contributed by atoms with Crippen LogP contribution in [0.25, 0.3) is 0 Å². The lowest BCUT2D eigenvalue weighted by Gasteiger charge is -2.15. The van der Waals surface area contributed by atoms with Crippen LogP contribution in [-0.2, 0) is 13.6 Å². The summed E-state index contributed by atoms with van der Waals surface area (Å²) in [5, 5.41) is 16.3. The van der Waals surface area contributed by atoms with E-state index in [-0.39, 0.29) is 6.61 Å². The number of hydrogen-bond donors (Lipinski definition) is 2. The highest BCUT2D eigenvalue weighted by molar-refractivity contribution is 4.82. The van der Waals surface area contributed by atoms with Crippen molar-refractivity contribution in [1.29, 1.82) is 0 Å². The number of aromatic nitrogens is 3. The standard InChI is InChI=1S/C11H22N4O/c1-3-4-10(5-6-16)7-12-8-11-13-9-14-15(11)2/h9-10,12,16H,3-8H2,1-2H3. The highest BCUT2D eigenvalue weighted by Gasteiger charge is 2.07. The fourth-order valence-electron chi connectivity index (χ4n) is 1.81. The van der Waals surface area contributed by atoms with E-state index >= 15 is 0 Å². The molecule has 0 aliphatic rings. The number of nitrogens with zero attached hydrogens (tertiary/aromatic N) is 3. The Labute approximate surface area is 96.9 Å². The molecule has 1 aromatic rings. The van der Waals surface area contributed by atoms with Crippen molar-refractivity contribution in [3.63, 3.8) is 0 Å². The number of nitrogens with one attached hydrogen (secondary N) is 1. The fourth-order valence-corrected chi connectivity index (χ4v) is 1.81. The lowest BCUT2D eigenvalue weighted by atomic mass is 10.0. The van der Waals surface area contributed by atoms with Gasteiger partial charge in [-0.15, -0.1) is 0 Å². The SMILES string of the molecule is CCCC(CCO)CNCc1ncnn1C. The number of rotatable bonds is 8. The maximum Gasteiger partial charge on any atom is 0.140 e. The number of aliphatic hydroxyl groups excluding tert-OH is 1. The molecule has 0 aromatic carbocycles. The van der Waals surface area contributed by atoms with Gasteiger partial charge in [-0.1, -0.05) is 13.3 Å². The van der Waals surface area contributed by atoms with Crippen molar-refractivity contribution in [2.45, 2.75) is 32.7 Å². The van der Waals surface area contributed by atoms with Crippen LogP contribution in [0.3, 0.4) is 0 Å². The minimum Gasteiger partial charge on any atom is -0.396 e. The zero-order valence-electron chi connectivity index (χ0n) is 10.2. The number of aryl methyl sites for hydroxylation is 1. The quantitative estimate of drug-likeness (QED) is 0.685. The van der Waals surface area contributed by atoms with Gasteiger partial charge < -0.3 is 10.4 Å². The summed E-state index contributed by atoms with van der Waals surface area (Å²) >= 11 is 0. The van der Waals surface area contributed by atoms with Crippen molar-refractivity contribution in [2.24, 2.45) is 13.0 Å². The third-order valence-corrected chi connectivity index (χ3v) is 2.76. The lowest BCUT2D eigenvalue weighted by molar-refractivity contribution is 0.247. The first-order valence-corrected chi connectivity index (χ1v) is 5.92. The Morgan fingerprint density at radius 3 is 2.88 bits per heavy atom. The van der Waals surface area contributed by atoms with Gasteiger partial charge in [-0.2, -0.15) is 5.10 Å². The molecule has 1 rings (SSSR count). The third kappa shape index (κ3) is 4.28. The van der Waals surface area contributed by atoms with Gasteiger partial charge in [-0.3, -0.25) is 4.68 Å². The van der Waals surface area contributed by atoms with E-state index in [2.05, 4.69) is 22.3 Å². The minimum absolute atomic E-state index is 0.274. The molecule has 2 N–H and O–H groups in total. The van der Waals surface area contributed by atoms with E-state index in [1.54, 1.807) is 11.0 Å². The van der Waals surface area contributed by atoms with Crippen LogP contribution in [0.15, 0.2) is 6.33 Å². The van der Waals surface area contributed by atoms with Crippen molar-refractivity contribution < 1.29 is 5.11 Å². The molecule has 16 heavy (non-hydrogen) atoms. The van der Waals surface area contributed by atoms with Crippen molar-refractivity contribution in [1.82, 2.24) is 20.1 Å². The van der Waals surface area contributed by atoms with Crippen LogP contribution < -0.4 is 5.32 Å². The zero-order chi connectivity index (χ0) is 11.8. The van der Waals surface area contributed by atoms with Gasteiger partial charge >= 0.3 is 0 Å².